The molecule has 0 amide bonds. The van der Waals surface area contributed by atoms with Gasteiger partial charge >= 0.3 is 5.97 Å². The molecule has 0 radical (unpaired) electrons. The summed E-state index contributed by atoms with van der Waals surface area (Å²) in [5.74, 6) is 0.289. The van der Waals surface area contributed by atoms with E-state index in [0.29, 0.717) is 40.3 Å². The van der Waals surface area contributed by atoms with Crippen LogP contribution in [0.5, 0.6) is 5.75 Å². The van der Waals surface area contributed by atoms with E-state index in [1.165, 1.54) is 11.8 Å². The van der Waals surface area contributed by atoms with E-state index in [-0.39, 0.29) is 5.97 Å². The minimum Gasteiger partial charge on any atom is -0.489 e. The summed E-state index contributed by atoms with van der Waals surface area (Å²) >= 11 is 13.7. The molecule has 8 heteroatoms. The number of aliphatic imine (C=N–C) groups is 1. The zero-order chi connectivity index (χ0) is 22.0. The highest BCUT2D eigenvalue weighted by Crippen LogP contribution is 2.43. The molecular weight excluding hydrogens is 455 g/mol. The Hall–Kier alpha value is -2.41. The third-order valence-corrected chi connectivity index (χ3v) is 6.42. The minimum absolute atomic E-state index is 0.291. The summed E-state index contributed by atoms with van der Waals surface area (Å²) in [6.07, 6.45) is 1.93. The highest BCUT2D eigenvalue weighted by molar-refractivity contribution is 8.16. The second kappa shape index (κ2) is 9.39. The quantitative estimate of drug-likeness (QED) is 0.457. The standard InChI is InChI=1S/C23H20Cl2N2O3S/c1-3-29-22(28)20-14(2)26-23-27(10-11-31-23)21(20)16-6-4-5-7-19(16)30-13-15-8-9-17(24)18(25)12-15/h4-12,21H,3,13H2,1-2H3/t21-/m0/s1. The summed E-state index contributed by atoms with van der Waals surface area (Å²) in [7, 11) is 0. The molecule has 0 aromatic heterocycles. The maximum Gasteiger partial charge on any atom is 0.338 e. The Balaban J connectivity index is 1.70. The van der Waals surface area contributed by atoms with Crippen molar-refractivity contribution in [3.8, 4) is 5.75 Å². The lowest BCUT2D eigenvalue weighted by molar-refractivity contribution is -0.139. The molecule has 2 heterocycles. The molecule has 160 valence electrons. The van der Waals surface area contributed by atoms with E-state index in [1.807, 2.05) is 53.8 Å². The van der Waals surface area contributed by atoms with Crippen LogP contribution in [0.1, 0.15) is 31.0 Å². The maximum atomic E-state index is 12.9. The molecule has 0 unspecified atom stereocenters. The molecule has 0 saturated heterocycles. The first-order valence-corrected chi connectivity index (χ1v) is 11.4. The van der Waals surface area contributed by atoms with Gasteiger partial charge in [-0.3, -0.25) is 0 Å². The summed E-state index contributed by atoms with van der Waals surface area (Å²) in [6.45, 7) is 4.23. The number of fused-ring (bicyclic) bond motifs is 1. The van der Waals surface area contributed by atoms with Crippen LogP contribution in [-0.4, -0.2) is 22.6 Å². The SMILES string of the molecule is CCOC(=O)C1=C(C)N=C2SC=CN2[C@H]1c1ccccc1OCc1ccc(Cl)c(Cl)c1. The molecule has 5 nitrogen and oxygen atoms in total. The minimum atomic E-state index is -0.400. The number of rotatable bonds is 6. The van der Waals surface area contributed by atoms with E-state index in [0.717, 1.165) is 16.3 Å². The van der Waals surface area contributed by atoms with Crippen molar-refractivity contribution in [2.75, 3.05) is 6.61 Å². The predicted octanol–water partition coefficient (Wildman–Crippen LogP) is 6.34. The van der Waals surface area contributed by atoms with Crippen LogP contribution in [0.3, 0.4) is 0 Å². The van der Waals surface area contributed by atoms with Crippen LogP contribution in [0.25, 0.3) is 0 Å². The predicted molar refractivity (Wildman–Crippen MR) is 125 cm³/mol. The summed E-state index contributed by atoms with van der Waals surface area (Å²) in [6, 6.07) is 12.7. The van der Waals surface area contributed by atoms with Crippen LogP contribution in [0.4, 0.5) is 0 Å². The normalized spacial score (nSPS) is 17.5. The van der Waals surface area contributed by atoms with Gasteiger partial charge in [-0.05, 0) is 43.0 Å². The summed E-state index contributed by atoms with van der Waals surface area (Å²) in [5, 5.41) is 3.74. The Morgan fingerprint density at radius 2 is 2.00 bits per heavy atom. The first kappa shape index (κ1) is 21.8. The zero-order valence-electron chi connectivity index (χ0n) is 17.0. The Kier molecular flexibility index (Phi) is 6.60. The molecule has 2 aromatic carbocycles. The second-order valence-electron chi connectivity index (χ2n) is 6.90. The number of ether oxygens (including phenoxy) is 2. The van der Waals surface area contributed by atoms with Crippen molar-refractivity contribution in [1.29, 1.82) is 0 Å². The van der Waals surface area contributed by atoms with E-state index < -0.39 is 6.04 Å². The van der Waals surface area contributed by atoms with E-state index >= 15 is 0 Å². The van der Waals surface area contributed by atoms with Gasteiger partial charge in [0, 0.05) is 11.8 Å². The Morgan fingerprint density at radius 1 is 1.19 bits per heavy atom. The van der Waals surface area contributed by atoms with Crippen molar-refractivity contribution >= 4 is 46.1 Å². The van der Waals surface area contributed by atoms with E-state index in [1.54, 1.807) is 19.1 Å². The lowest BCUT2D eigenvalue weighted by Gasteiger charge is -2.34. The van der Waals surface area contributed by atoms with Crippen molar-refractivity contribution in [2.24, 2.45) is 4.99 Å². The van der Waals surface area contributed by atoms with Gasteiger partial charge in [0.25, 0.3) is 0 Å². The van der Waals surface area contributed by atoms with Gasteiger partial charge in [0.1, 0.15) is 12.4 Å². The van der Waals surface area contributed by atoms with Crippen LogP contribution in [0, 0.1) is 0 Å². The summed E-state index contributed by atoms with van der Waals surface area (Å²) in [4.78, 5) is 19.4. The largest absolute Gasteiger partial charge is 0.489 e. The van der Waals surface area contributed by atoms with Crippen LogP contribution in [0.2, 0.25) is 10.0 Å². The van der Waals surface area contributed by atoms with Gasteiger partial charge in [-0.2, -0.15) is 0 Å². The monoisotopic (exact) mass is 474 g/mol. The number of carbonyl (C=O) groups is 1. The molecule has 4 rings (SSSR count). The van der Waals surface area contributed by atoms with Crippen molar-refractivity contribution < 1.29 is 14.3 Å². The molecule has 2 aliphatic rings. The van der Waals surface area contributed by atoms with Crippen molar-refractivity contribution in [2.45, 2.75) is 26.5 Å². The molecular formula is C23H20Cl2N2O3S. The Bertz CT molecular complexity index is 1110. The number of thioether (sulfide) groups is 1. The molecule has 31 heavy (non-hydrogen) atoms. The maximum absolute atomic E-state index is 12.9. The molecule has 0 fully saturated rings. The topological polar surface area (TPSA) is 51.1 Å². The highest BCUT2D eigenvalue weighted by Gasteiger charge is 2.38. The number of hydrogen-bond donors (Lipinski definition) is 0. The molecule has 0 saturated carbocycles. The van der Waals surface area contributed by atoms with Crippen molar-refractivity contribution in [3.05, 3.63) is 86.5 Å². The zero-order valence-corrected chi connectivity index (χ0v) is 19.3. The smallest absolute Gasteiger partial charge is 0.338 e. The number of amidine groups is 1. The number of para-hydroxylation sites is 1. The van der Waals surface area contributed by atoms with Gasteiger partial charge < -0.3 is 14.4 Å². The molecule has 0 bridgehead atoms. The van der Waals surface area contributed by atoms with Gasteiger partial charge in [-0.1, -0.05) is 59.2 Å². The molecule has 2 aromatic rings. The van der Waals surface area contributed by atoms with E-state index in [4.69, 9.17) is 32.7 Å². The summed E-state index contributed by atoms with van der Waals surface area (Å²) in [5.41, 5.74) is 2.89. The Morgan fingerprint density at radius 3 is 2.77 bits per heavy atom. The Labute approximate surface area is 195 Å². The van der Waals surface area contributed by atoms with Crippen molar-refractivity contribution in [3.63, 3.8) is 0 Å². The van der Waals surface area contributed by atoms with Gasteiger partial charge in [-0.25, -0.2) is 9.79 Å². The molecule has 2 aliphatic heterocycles. The number of benzene rings is 2. The van der Waals surface area contributed by atoms with Gasteiger partial charge in [0.05, 0.1) is 34.0 Å². The molecule has 1 atom stereocenters. The van der Waals surface area contributed by atoms with Crippen LogP contribution >= 0.6 is 35.0 Å². The third kappa shape index (κ3) is 4.47. The van der Waals surface area contributed by atoms with Crippen molar-refractivity contribution in [1.82, 2.24) is 4.90 Å². The van der Waals surface area contributed by atoms with Crippen LogP contribution in [0.15, 0.2) is 70.3 Å². The molecule has 0 N–H and O–H groups in total. The number of hydrogen-bond acceptors (Lipinski definition) is 6. The molecule has 0 aliphatic carbocycles. The summed E-state index contributed by atoms with van der Waals surface area (Å²) < 4.78 is 11.5. The number of esters is 1. The first-order valence-electron chi connectivity index (χ1n) is 9.73. The second-order valence-corrected chi connectivity index (χ2v) is 8.59. The highest BCUT2D eigenvalue weighted by atomic mass is 35.5. The van der Waals surface area contributed by atoms with Crippen LogP contribution in [-0.2, 0) is 16.1 Å². The van der Waals surface area contributed by atoms with E-state index in [2.05, 4.69) is 4.99 Å². The fraction of sp³-hybridized carbons (Fsp3) is 0.217. The first-order chi connectivity index (χ1) is 15.0. The number of carbonyl (C=O) groups excluding carboxylic acids is 1. The number of halogens is 2. The van der Waals surface area contributed by atoms with Crippen LogP contribution < -0.4 is 4.74 Å². The number of nitrogens with zero attached hydrogens (tertiary/aromatic N) is 2. The third-order valence-electron chi connectivity index (χ3n) is 4.91. The van der Waals surface area contributed by atoms with Gasteiger partial charge in [0.15, 0.2) is 5.17 Å². The number of allylic oxidation sites excluding steroid dienone is 1. The fourth-order valence-corrected chi connectivity index (χ4v) is 4.62. The average molecular weight is 475 g/mol. The fourth-order valence-electron chi connectivity index (χ4n) is 3.50. The lowest BCUT2D eigenvalue weighted by Crippen LogP contribution is -2.34. The van der Waals surface area contributed by atoms with Gasteiger partial charge in [0.2, 0.25) is 0 Å². The molecule has 0 spiro atoms. The van der Waals surface area contributed by atoms with Gasteiger partial charge in [-0.15, -0.1) is 0 Å². The van der Waals surface area contributed by atoms with E-state index in [9.17, 15) is 4.79 Å². The lowest BCUT2D eigenvalue weighted by atomic mass is 9.94. The average Bonchev–Trinajstić information content (AvgIpc) is 3.22.